The molecule has 1 aromatic rings. The normalized spacial score (nSPS) is 24.1. The predicted molar refractivity (Wildman–Crippen MR) is 60.5 cm³/mol. The zero-order valence-corrected chi connectivity index (χ0v) is 10.3. The van der Waals surface area contributed by atoms with Crippen molar-refractivity contribution >= 4 is 15.9 Å². The van der Waals surface area contributed by atoms with Gasteiger partial charge in [0.05, 0.1) is 10.2 Å². The second-order valence-corrected chi connectivity index (χ2v) is 4.94. The molecule has 78 valence electrons. The fourth-order valence-electron chi connectivity index (χ4n) is 2.09. The van der Waals surface area contributed by atoms with Crippen LogP contribution >= 0.6 is 15.9 Å². The van der Waals surface area contributed by atoms with E-state index in [-0.39, 0.29) is 0 Å². The van der Waals surface area contributed by atoms with Crippen molar-refractivity contribution in [3.63, 3.8) is 0 Å². The Morgan fingerprint density at radius 3 is 2.93 bits per heavy atom. The average molecular weight is 258 g/mol. The number of nitrogens with zero attached hydrogens (tertiary/aromatic N) is 2. The smallest absolute Gasteiger partial charge is 0.0810 e. The van der Waals surface area contributed by atoms with Crippen LogP contribution in [0.3, 0.4) is 0 Å². The summed E-state index contributed by atoms with van der Waals surface area (Å²) in [5.41, 5.74) is 2.34. The quantitative estimate of drug-likeness (QED) is 0.838. The molecule has 2 rings (SSSR count). The van der Waals surface area contributed by atoms with Crippen LogP contribution < -0.4 is 0 Å². The third-order valence-corrected chi connectivity index (χ3v) is 3.91. The van der Waals surface area contributed by atoms with Gasteiger partial charge in [-0.1, -0.05) is 0 Å². The van der Waals surface area contributed by atoms with Crippen LogP contribution in [-0.4, -0.2) is 35.2 Å². The van der Waals surface area contributed by atoms with Gasteiger partial charge in [-0.15, -0.1) is 0 Å². The fourth-order valence-corrected chi connectivity index (χ4v) is 2.60. The summed E-state index contributed by atoms with van der Waals surface area (Å²) in [6.07, 6.45) is 2.53. The molecule has 1 aliphatic rings. The van der Waals surface area contributed by atoms with Crippen LogP contribution in [0.4, 0.5) is 0 Å². The van der Waals surface area contributed by atoms with Gasteiger partial charge in [0.2, 0.25) is 0 Å². The van der Waals surface area contributed by atoms with Gasteiger partial charge in [-0.05, 0) is 49.3 Å². The Morgan fingerprint density at radius 1 is 1.57 bits per heavy atom. The van der Waals surface area contributed by atoms with Crippen LogP contribution in [-0.2, 0) is 0 Å². The molecule has 1 aliphatic heterocycles. The second-order valence-electron chi connectivity index (χ2n) is 4.15. The largest absolute Gasteiger partial charge is 0.306 e. The first kappa shape index (κ1) is 10.2. The third kappa shape index (κ3) is 1.86. The summed E-state index contributed by atoms with van der Waals surface area (Å²) in [4.78, 5) is 2.38. The predicted octanol–water partition coefficient (Wildman–Crippen LogP) is 2.29. The summed E-state index contributed by atoms with van der Waals surface area (Å²) in [6.45, 7) is 4.40. The summed E-state index contributed by atoms with van der Waals surface area (Å²) in [6, 6.07) is 0. The minimum Gasteiger partial charge on any atom is -0.306 e. The maximum absolute atomic E-state index is 4.37. The number of rotatable bonds is 1. The van der Waals surface area contributed by atoms with Crippen molar-refractivity contribution in [2.24, 2.45) is 0 Å². The summed E-state index contributed by atoms with van der Waals surface area (Å²) >= 11 is 3.59. The number of likely N-dealkylation sites (tertiary alicyclic amines) is 1. The number of halogens is 1. The van der Waals surface area contributed by atoms with Gasteiger partial charge in [0.25, 0.3) is 0 Å². The zero-order chi connectivity index (χ0) is 10.1. The Hall–Kier alpha value is -0.350. The lowest BCUT2D eigenvalue weighted by atomic mass is 9.95. The standard InChI is InChI=1S/C10H16BrN3/c1-7-9(11)10(13-12-7)8-4-3-5-14(2)6-8/h8H,3-6H2,1-2H3,(H,12,13). The van der Waals surface area contributed by atoms with Crippen molar-refractivity contribution < 1.29 is 0 Å². The molecule has 1 atom stereocenters. The molecule has 1 unspecified atom stereocenters. The van der Waals surface area contributed by atoms with Gasteiger partial charge in [0.1, 0.15) is 0 Å². The number of aromatic amines is 1. The van der Waals surface area contributed by atoms with E-state index in [1.807, 2.05) is 6.92 Å². The molecule has 1 aromatic heterocycles. The van der Waals surface area contributed by atoms with Gasteiger partial charge >= 0.3 is 0 Å². The number of hydrogen-bond donors (Lipinski definition) is 1. The van der Waals surface area contributed by atoms with E-state index < -0.39 is 0 Å². The van der Waals surface area contributed by atoms with Crippen molar-refractivity contribution in [3.8, 4) is 0 Å². The summed E-state index contributed by atoms with van der Waals surface area (Å²) in [5, 5.41) is 7.41. The lowest BCUT2D eigenvalue weighted by Gasteiger charge is -2.28. The Labute approximate surface area is 93.0 Å². The van der Waals surface area contributed by atoms with Crippen LogP contribution in [0.25, 0.3) is 0 Å². The minimum absolute atomic E-state index is 0.591. The Balaban J connectivity index is 2.18. The highest BCUT2D eigenvalue weighted by Crippen LogP contribution is 2.31. The first-order valence-electron chi connectivity index (χ1n) is 5.07. The van der Waals surface area contributed by atoms with Crippen molar-refractivity contribution in [3.05, 3.63) is 15.9 Å². The van der Waals surface area contributed by atoms with E-state index in [9.17, 15) is 0 Å². The molecule has 14 heavy (non-hydrogen) atoms. The molecule has 0 aliphatic carbocycles. The number of likely N-dealkylation sites (N-methyl/N-ethyl adjacent to an activating group) is 1. The number of aromatic nitrogens is 2. The minimum atomic E-state index is 0.591. The van der Waals surface area contributed by atoms with Gasteiger partial charge in [-0.3, -0.25) is 5.10 Å². The molecule has 3 nitrogen and oxygen atoms in total. The second kappa shape index (κ2) is 4.03. The molecule has 1 fully saturated rings. The fraction of sp³-hybridized carbons (Fsp3) is 0.700. The molecule has 0 bridgehead atoms. The highest BCUT2D eigenvalue weighted by Gasteiger charge is 2.23. The maximum Gasteiger partial charge on any atom is 0.0810 e. The molecule has 2 heterocycles. The molecule has 0 radical (unpaired) electrons. The Morgan fingerprint density at radius 2 is 2.36 bits per heavy atom. The van der Waals surface area contributed by atoms with Gasteiger partial charge in [-0.25, -0.2) is 0 Å². The molecule has 0 amide bonds. The zero-order valence-electron chi connectivity index (χ0n) is 8.68. The molecular formula is C10H16BrN3. The van der Waals surface area contributed by atoms with Gasteiger partial charge in [-0.2, -0.15) is 5.10 Å². The van der Waals surface area contributed by atoms with Crippen molar-refractivity contribution in [1.29, 1.82) is 0 Å². The van der Waals surface area contributed by atoms with Crippen LogP contribution in [0.1, 0.15) is 30.1 Å². The lowest BCUT2D eigenvalue weighted by molar-refractivity contribution is 0.248. The highest BCUT2D eigenvalue weighted by molar-refractivity contribution is 9.10. The first-order chi connectivity index (χ1) is 6.68. The molecule has 1 N–H and O–H groups in total. The Bertz CT molecular complexity index is 321. The van der Waals surface area contributed by atoms with Gasteiger partial charge < -0.3 is 4.90 Å². The molecule has 4 heteroatoms. The molecule has 0 aromatic carbocycles. The molecule has 1 saturated heterocycles. The lowest BCUT2D eigenvalue weighted by Crippen LogP contribution is -2.31. The number of nitrogens with one attached hydrogen (secondary N) is 1. The highest BCUT2D eigenvalue weighted by atomic mass is 79.9. The number of aryl methyl sites for hydroxylation is 1. The van der Waals surface area contributed by atoms with Crippen LogP contribution in [0.2, 0.25) is 0 Å². The van der Waals surface area contributed by atoms with Crippen LogP contribution in [0, 0.1) is 6.92 Å². The van der Waals surface area contributed by atoms with Crippen molar-refractivity contribution in [2.75, 3.05) is 20.1 Å². The third-order valence-electron chi connectivity index (χ3n) is 2.91. The summed E-state index contributed by atoms with van der Waals surface area (Å²) in [7, 11) is 2.18. The van der Waals surface area contributed by atoms with E-state index in [2.05, 4.69) is 38.1 Å². The van der Waals surface area contributed by atoms with Crippen molar-refractivity contribution in [1.82, 2.24) is 15.1 Å². The van der Waals surface area contributed by atoms with Gasteiger partial charge in [0, 0.05) is 18.2 Å². The van der Waals surface area contributed by atoms with E-state index in [1.165, 1.54) is 25.1 Å². The first-order valence-corrected chi connectivity index (χ1v) is 5.86. The van der Waals surface area contributed by atoms with Crippen LogP contribution in [0.15, 0.2) is 4.47 Å². The maximum atomic E-state index is 4.37. The average Bonchev–Trinajstić information content (AvgIpc) is 2.48. The van der Waals surface area contributed by atoms with Crippen molar-refractivity contribution in [2.45, 2.75) is 25.7 Å². The molecular weight excluding hydrogens is 242 g/mol. The summed E-state index contributed by atoms with van der Waals surface area (Å²) < 4.78 is 1.16. The van der Waals surface area contributed by atoms with E-state index in [0.717, 1.165) is 16.7 Å². The number of H-pyrrole nitrogens is 1. The van der Waals surface area contributed by atoms with E-state index in [1.54, 1.807) is 0 Å². The van der Waals surface area contributed by atoms with E-state index >= 15 is 0 Å². The monoisotopic (exact) mass is 257 g/mol. The number of hydrogen-bond acceptors (Lipinski definition) is 2. The van der Waals surface area contributed by atoms with Gasteiger partial charge in [0.15, 0.2) is 0 Å². The van der Waals surface area contributed by atoms with E-state index in [4.69, 9.17) is 0 Å². The molecule has 0 saturated carbocycles. The van der Waals surface area contributed by atoms with Crippen LogP contribution in [0.5, 0.6) is 0 Å². The van der Waals surface area contributed by atoms with E-state index in [0.29, 0.717) is 5.92 Å². The SMILES string of the molecule is Cc1[nH]nc(C2CCCN(C)C2)c1Br. The number of piperidine rings is 1. The topological polar surface area (TPSA) is 31.9 Å². The summed E-state index contributed by atoms with van der Waals surface area (Å²) in [5.74, 6) is 0.591. The molecule has 0 spiro atoms. The Kier molecular flexibility index (Phi) is 2.93.